The fraction of sp³-hybridized carbons (Fsp3) is 0.600. The molecule has 0 aliphatic rings. The molecule has 0 spiro atoms. The molecular formula is C10H18N2OS. The lowest BCUT2D eigenvalue weighted by molar-refractivity contribution is 0.187. The van der Waals surface area contributed by atoms with Crippen molar-refractivity contribution in [2.75, 3.05) is 20.3 Å². The molecule has 80 valence electrons. The molecule has 1 aromatic heterocycles. The minimum Gasteiger partial charge on any atom is -0.385 e. The van der Waals surface area contributed by atoms with Gasteiger partial charge < -0.3 is 15.8 Å². The highest BCUT2D eigenvalue weighted by atomic mass is 32.1. The molecule has 0 saturated carbocycles. The number of thiophene rings is 1. The van der Waals surface area contributed by atoms with E-state index < -0.39 is 0 Å². The summed E-state index contributed by atoms with van der Waals surface area (Å²) in [6.45, 7) is 2.50. The predicted molar refractivity (Wildman–Crippen MR) is 60.5 cm³/mol. The van der Waals surface area contributed by atoms with Crippen molar-refractivity contribution in [1.82, 2.24) is 5.32 Å². The van der Waals surface area contributed by atoms with E-state index in [1.807, 2.05) is 0 Å². The molecule has 0 amide bonds. The van der Waals surface area contributed by atoms with Crippen LogP contribution in [0.3, 0.4) is 0 Å². The van der Waals surface area contributed by atoms with Crippen LogP contribution in [-0.2, 0) is 11.3 Å². The molecule has 1 aromatic rings. The molecule has 3 nitrogen and oxygen atoms in total. The van der Waals surface area contributed by atoms with Gasteiger partial charge in [0.15, 0.2) is 0 Å². The molecule has 0 bridgehead atoms. The molecule has 0 saturated heterocycles. The van der Waals surface area contributed by atoms with Gasteiger partial charge in [0, 0.05) is 37.7 Å². The van der Waals surface area contributed by atoms with Gasteiger partial charge in [0.05, 0.1) is 0 Å². The zero-order valence-electron chi connectivity index (χ0n) is 8.53. The molecule has 1 heterocycles. The molecule has 0 aromatic carbocycles. The van der Waals surface area contributed by atoms with Crippen molar-refractivity contribution in [2.24, 2.45) is 5.73 Å². The highest BCUT2D eigenvalue weighted by Gasteiger charge is 2.01. The first-order valence-corrected chi connectivity index (χ1v) is 5.68. The van der Waals surface area contributed by atoms with E-state index in [0.29, 0.717) is 0 Å². The fourth-order valence-electron chi connectivity index (χ4n) is 1.17. The zero-order valence-corrected chi connectivity index (χ0v) is 9.35. The molecule has 0 aliphatic heterocycles. The minimum absolute atomic E-state index is 0.190. The number of hydrogen-bond donors (Lipinski definition) is 2. The lowest BCUT2D eigenvalue weighted by atomic mass is 10.2. The molecule has 1 unspecified atom stereocenters. The van der Waals surface area contributed by atoms with E-state index in [0.717, 1.165) is 26.1 Å². The highest BCUT2D eigenvalue weighted by molar-refractivity contribution is 7.09. The Kier molecular flexibility index (Phi) is 5.78. The number of hydrogen-bond acceptors (Lipinski definition) is 4. The number of methoxy groups -OCH3 is 1. The lowest BCUT2D eigenvalue weighted by Gasteiger charge is -2.11. The van der Waals surface area contributed by atoms with E-state index in [4.69, 9.17) is 10.5 Å². The third kappa shape index (κ3) is 4.72. The second-order valence-corrected chi connectivity index (χ2v) is 4.28. The van der Waals surface area contributed by atoms with Crippen molar-refractivity contribution in [3.63, 3.8) is 0 Å². The van der Waals surface area contributed by atoms with Crippen LogP contribution < -0.4 is 11.1 Å². The van der Waals surface area contributed by atoms with Gasteiger partial charge in [-0.2, -0.15) is 0 Å². The Morgan fingerprint density at radius 3 is 3.14 bits per heavy atom. The second-order valence-electron chi connectivity index (χ2n) is 3.25. The smallest absolute Gasteiger partial charge is 0.0477 e. The van der Waals surface area contributed by atoms with Gasteiger partial charge >= 0.3 is 0 Å². The van der Waals surface area contributed by atoms with Gasteiger partial charge in [-0.25, -0.2) is 0 Å². The number of nitrogens with one attached hydrogen (secondary N) is 1. The number of nitrogens with two attached hydrogens (primary N) is 1. The largest absolute Gasteiger partial charge is 0.385 e. The Morgan fingerprint density at radius 1 is 1.64 bits per heavy atom. The van der Waals surface area contributed by atoms with Gasteiger partial charge in [-0.05, 0) is 17.9 Å². The van der Waals surface area contributed by atoms with Gasteiger partial charge in [-0.15, -0.1) is 11.3 Å². The minimum atomic E-state index is 0.190. The quantitative estimate of drug-likeness (QED) is 0.717. The summed E-state index contributed by atoms with van der Waals surface area (Å²) in [6, 6.07) is 4.38. The van der Waals surface area contributed by atoms with E-state index in [-0.39, 0.29) is 6.04 Å². The maximum absolute atomic E-state index is 5.86. The molecule has 3 N–H and O–H groups in total. The maximum atomic E-state index is 5.86. The standard InChI is InChI=1S/C10H18N2OS/c1-13-5-4-9(11)7-12-8-10-3-2-6-14-10/h2-3,6,9,12H,4-5,7-8,11H2,1H3. The molecule has 1 atom stereocenters. The monoisotopic (exact) mass is 214 g/mol. The Hall–Kier alpha value is -0.420. The zero-order chi connectivity index (χ0) is 10.2. The Morgan fingerprint density at radius 2 is 2.50 bits per heavy atom. The molecule has 0 aliphatic carbocycles. The van der Waals surface area contributed by atoms with Crippen LogP contribution in [0.1, 0.15) is 11.3 Å². The third-order valence-corrected chi connectivity index (χ3v) is 2.86. The summed E-state index contributed by atoms with van der Waals surface area (Å²) in [4.78, 5) is 1.35. The van der Waals surface area contributed by atoms with Gasteiger partial charge in [0.1, 0.15) is 0 Å². The van der Waals surface area contributed by atoms with Crippen molar-refractivity contribution in [3.05, 3.63) is 22.4 Å². The SMILES string of the molecule is COCCC(N)CNCc1cccs1. The Bertz CT molecular complexity index is 226. The third-order valence-electron chi connectivity index (χ3n) is 1.98. The van der Waals surface area contributed by atoms with E-state index in [1.165, 1.54) is 4.88 Å². The van der Waals surface area contributed by atoms with Crippen LogP contribution in [-0.4, -0.2) is 26.3 Å². The normalized spacial score (nSPS) is 13.0. The van der Waals surface area contributed by atoms with Crippen LogP contribution >= 0.6 is 11.3 Å². The summed E-state index contributed by atoms with van der Waals surface area (Å²) in [6.07, 6.45) is 0.911. The summed E-state index contributed by atoms with van der Waals surface area (Å²) >= 11 is 1.76. The van der Waals surface area contributed by atoms with Gasteiger partial charge in [0.25, 0.3) is 0 Å². The first-order valence-electron chi connectivity index (χ1n) is 4.80. The highest BCUT2D eigenvalue weighted by Crippen LogP contribution is 2.07. The number of rotatable bonds is 7. The summed E-state index contributed by atoms with van der Waals surface area (Å²) in [5, 5.41) is 5.41. The van der Waals surface area contributed by atoms with Crippen molar-refractivity contribution in [2.45, 2.75) is 19.0 Å². The van der Waals surface area contributed by atoms with Gasteiger partial charge in [-0.1, -0.05) is 6.07 Å². The fourth-order valence-corrected chi connectivity index (χ4v) is 1.84. The first kappa shape index (κ1) is 11.7. The second kappa shape index (κ2) is 6.95. The van der Waals surface area contributed by atoms with E-state index in [9.17, 15) is 0 Å². The van der Waals surface area contributed by atoms with Crippen molar-refractivity contribution in [1.29, 1.82) is 0 Å². The van der Waals surface area contributed by atoms with Crippen LogP contribution in [0, 0.1) is 0 Å². The lowest BCUT2D eigenvalue weighted by Crippen LogP contribution is -2.34. The molecule has 0 fully saturated rings. The Balaban J connectivity index is 2.03. The summed E-state index contributed by atoms with van der Waals surface area (Å²) in [5.74, 6) is 0. The molecule has 14 heavy (non-hydrogen) atoms. The van der Waals surface area contributed by atoms with Crippen LogP contribution in [0.4, 0.5) is 0 Å². The van der Waals surface area contributed by atoms with Crippen LogP contribution in [0.5, 0.6) is 0 Å². The van der Waals surface area contributed by atoms with Crippen LogP contribution in [0.25, 0.3) is 0 Å². The van der Waals surface area contributed by atoms with Crippen molar-refractivity contribution < 1.29 is 4.74 Å². The predicted octanol–water partition coefficient (Wildman–Crippen LogP) is 1.20. The van der Waals surface area contributed by atoms with Crippen molar-refractivity contribution >= 4 is 11.3 Å². The average molecular weight is 214 g/mol. The van der Waals surface area contributed by atoms with E-state index >= 15 is 0 Å². The average Bonchev–Trinajstić information content (AvgIpc) is 2.67. The van der Waals surface area contributed by atoms with Crippen molar-refractivity contribution in [3.8, 4) is 0 Å². The summed E-state index contributed by atoms with van der Waals surface area (Å²) in [5.41, 5.74) is 5.86. The molecule has 1 rings (SSSR count). The van der Waals surface area contributed by atoms with Gasteiger partial charge in [-0.3, -0.25) is 0 Å². The Labute approximate surface area is 89.3 Å². The van der Waals surface area contributed by atoms with E-state index in [2.05, 4.69) is 22.8 Å². The number of ether oxygens (including phenoxy) is 1. The molecular weight excluding hydrogens is 196 g/mol. The van der Waals surface area contributed by atoms with Gasteiger partial charge in [0.2, 0.25) is 0 Å². The first-order chi connectivity index (χ1) is 6.83. The van der Waals surface area contributed by atoms with Crippen LogP contribution in [0.15, 0.2) is 17.5 Å². The van der Waals surface area contributed by atoms with E-state index in [1.54, 1.807) is 18.4 Å². The molecule has 4 heteroatoms. The summed E-state index contributed by atoms with van der Waals surface area (Å²) in [7, 11) is 1.70. The molecule has 0 radical (unpaired) electrons. The summed E-state index contributed by atoms with van der Waals surface area (Å²) < 4.78 is 4.96. The van der Waals surface area contributed by atoms with Crippen LogP contribution in [0.2, 0.25) is 0 Å². The topological polar surface area (TPSA) is 47.3 Å². The maximum Gasteiger partial charge on any atom is 0.0477 e.